The topological polar surface area (TPSA) is 66.8 Å². The molecule has 6 heteroatoms. The zero-order valence-electron chi connectivity index (χ0n) is 11.9. The van der Waals surface area contributed by atoms with E-state index in [-0.39, 0.29) is 5.91 Å². The molecule has 2 rings (SSSR count). The number of nitrogens with zero attached hydrogens (tertiary/aromatic N) is 1. The Morgan fingerprint density at radius 2 is 2.10 bits per heavy atom. The fraction of sp³-hybridized carbons (Fsp3) is 0.467. The van der Waals surface area contributed by atoms with Crippen LogP contribution in [0.2, 0.25) is 0 Å². The molecular weight excluding hydrogens is 290 g/mol. The molecule has 1 aromatic carbocycles. The number of amides is 1. The Labute approximate surface area is 128 Å². The molecule has 5 nitrogen and oxygen atoms in total. The highest BCUT2D eigenvalue weighted by atomic mass is 32.2. The molecule has 0 unspecified atom stereocenters. The molecule has 0 bridgehead atoms. The van der Waals surface area contributed by atoms with Gasteiger partial charge in [-0.2, -0.15) is 0 Å². The number of ether oxygens (including phenoxy) is 1. The number of carboxylic acid groups (broad SMARTS) is 1. The van der Waals surface area contributed by atoms with E-state index in [1.165, 1.54) is 22.2 Å². The van der Waals surface area contributed by atoms with Gasteiger partial charge in [-0.05, 0) is 25.5 Å². The molecule has 1 heterocycles. The molecule has 0 aromatic heterocycles. The predicted molar refractivity (Wildman–Crippen MR) is 81.5 cm³/mol. The first-order chi connectivity index (χ1) is 10.1. The van der Waals surface area contributed by atoms with Gasteiger partial charge in [0.1, 0.15) is 11.8 Å². The number of carboxylic acids is 1. The van der Waals surface area contributed by atoms with E-state index in [1.807, 2.05) is 31.2 Å². The third-order valence-corrected chi connectivity index (χ3v) is 4.32. The summed E-state index contributed by atoms with van der Waals surface area (Å²) < 4.78 is 5.56. The maximum atomic E-state index is 12.0. The van der Waals surface area contributed by atoms with Crippen molar-refractivity contribution in [3.63, 3.8) is 0 Å². The van der Waals surface area contributed by atoms with Crippen LogP contribution >= 0.6 is 11.8 Å². The van der Waals surface area contributed by atoms with Gasteiger partial charge in [-0.15, -0.1) is 11.8 Å². The summed E-state index contributed by atoms with van der Waals surface area (Å²) in [5, 5.41) is 9.04. The zero-order chi connectivity index (χ0) is 15.2. The zero-order valence-corrected chi connectivity index (χ0v) is 12.8. The predicted octanol–water partition coefficient (Wildman–Crippen LogP) is 2.14. The monoisotopic (exact) mass is 309 g/mol. The molecule has 114 valence electrons. The highest BCUT2D eigenvalue weighted by Crippen LogP contribution is 2.22. The first kappa shape index (κ1) is 15.7. The van der Waals surface area contributed by atoms with Crippen LogP contribution in [0.3, 0.4) is 0 Å². The first-order valence-electron chi connectivity index (χ1n) is 6.87. The van der Waals surface area contributed by atoms with E-state index in [4.69, 9.17) is 9.84 Å². The molecule has 0 radical (unpaired) electrons. The fourth-order valence-corrected chi connectivity index (χ4v) is 3.26. The molecular formula is C15H19NO4S. The Morgan fingerprint density at radius 1 is 1.38 bits per heavy atom. The minimum absolute atomic E-state index is 0.111. The second-order valence-electron chi connectivity index (χ2n) is 4.98. The van der Waals surface area contributed by atoms with Gasteiger partial charge in [0.05, 0.1) is 12.5 Å². The van der Waals surface area contributed by atoms with Gasteiger partial charge >= 0.3 is 5.97 Å². The summed E-state index contributed by atoms with van der Waals surface area (Å²) >= 11 is 1.48. The molecule has 1 aliphatic heterocycles. The van der Waals surface area contributed by atoms with Crippen LogP contribution in [0, 0.1) is 6.92 Å². The maximum Gasteiger partial charge on any atom is 0.327 e. The lowest BCUT2D eigenvalue weighted by Crippen LogP contribution is -2.41. The minimum Gasteiger partial charge on any atom is -0.494 e. The van der Waals surface area contributed by atoms with Crippen molar-refractivity contribution < 1.29 is 19.4 Å². The van der Waals surface area contributed by atoms with Crippen LogP contribution in [0.25, 0.3) is 0 Å². The number of carbonyl (C=O) groups excluding carboxylic acids is 1. The van der Waals surface area contributed by atoms with E-state index in [1.54, 1.807) is 0 Å². The molecule has 1 fully saturated rings. The van der Waals surface area contributed by atoms with Gasteiger partial charge in [0.15, 0.2) is 0 Å². The molecule has 1 atom stereocenters. The smallest absolute Gasteiger partial charge is 0.327 e. The van der Waals surface area contributed by atoms with E-state index < -0.39 is 12.0 Å². The van der Waals surface area contributed by atoms with E-state index in [0.29, 0.717) is 31.1 Å². The second-order valence-corrected chi connectivity index (χ2v) is 5.98. The van der Waals surface area contributed by atoms with Crippen LogP contribution < -0.4 is 4.74 Å². The van der Waals surface area contributed by atoms with Crippen LogP contribution in [0.5, 0.6) is 5.75 Å². The van der Waals surface area contributed by atoms with Crippen molar-refractivity contribution in [2.75, 3.05) is 18.2 Å². The van der Waals surface area contributed by atoms with Crippen molar-refractivity contribution >= 4 is 23.6 Å². The van der Waals surface area contributed by atoms with Crippen LogP contribution in [0.4, 0.5) is 0 Å². The van der Waals surface area contributed by atoms with Gasteiger partial charge in [0.25, 0.3) is 0 Å². The Hall–Kier alpha value is -1.69. The average molecular weight is 309 g/mol. The van der Waals surface area contributed by atoms with Crippen molar-refractivity contribution in [1.29, 1.82) is 0 Å². The van der Waals surface area contributed by atoms with Crippen molar-refractivity contribution in [3.8, 4) is 5.75 Å². The number of benzene rings is 1. The molecule has 1 N–H and O–H groups in total. The number of hydrogen-bond donors (Lipinski definition) is 1. The lowest BCUT2D eigenvalue weighted by atomic mass is 10.2. The highest BCUT2D eigenvalue weighted by molar-refractivity contribution is 7.99. The molecule has 1 amide bonds. The maximum absolute atomic E-state index is 12.0. The van der Waals surface area contributed by atoms with Crippen LogP contribution in [-0.4, -0.2) is 46.2 Å². The lowest BCUT2D eigenvalue weighted by molar-refractivity contribution is -0.147. The van der Waals surface area contributed by atoms with Crippen molar-refractivity contribution in [3.05, 3.63) is 29.8 Å². The number of rotatable bonds is 6. The fourth-order valence-electron chi connectivity index (χ4n) is 2.08. The summed E-state index contributed by atoms with van der Waals surface area (Å²) in [5.74, 6) is 0.688. The Bertz CT molecular complexity index is 503. The SMILES string of the molecule is Cc1ccc(OCCCC(=O)N2CSC[C@H]2C(=O)O)cc1. The van der Waals surface area contributed by atoms with Crippen LogP contribution in [0.15, 0.2) is 24.3 Å². The van der Waals surface area contributed by atoms with Gasteiger partial charge in [0.2, 0.25) is 5.91 Å². The van der Waals surface area contributed by atoms with E-state index in [2.05, 4.69) is 0 Å². The summed E-state index contributed by atoms with van der Waals surface area (Å²) in [6.07, 6.45) is 0.899. The summed E-state index contributed by atoms with van der Waals surface area (Å²) in [4.78, 5) is 24.5. The number of hydrogen-bond acceptors (Lipinski definition) is 4. The highest BCUT2D eigenvalue weighted by Gasteiger charge is 2.33. The lowest BCUT2D eigenvalue weighted by Gasteiger charge is -2.20. The van der Waals surface area contributed by atoms with Crippen molar-refractivity contribution in [2.45, 2.75) is 25.8 Å². The van der Waals surface area contributed by atoms with Gasteiger partial charge < -0.3 is 14.7 Å². The molecule has 0 aliphatic carbocycles. The summed E-state index contributed by atoms with van der Waals surface area (Å²) in [7, 11) is 0. The van der Waals surface area contributed by atoms with Crippen molar-refractivity contribution in [2.24, 2.45) is 0 Å². The van der Waals surface area contributed by atoms with E-state index in [0.717, 1.165) is 5.75 Å². The first-order valence-corrected chi connectivity index (χ1v) is 8.03. The standard InChI is InChI=1S/C15H19NO4S/c1-11-4-6-12(7-5-11)20-8-2-3-14(17)16-10-21-9-13(16)15(18)19/h4-7,13H,2-3,8-10H2,1H3,(H,18,19)/t13-/m0/s1. The van der Waals surface area contributed by atoms with Crippen LogP contribution in [-0.2, 0) is 9.59 Å². The Morgan fingerprint density at radius 3 is 2.76 bits per heavy atom. The third-order valence-electron chi connectivity index (χ3n) is 3.31. The third kappa shape index (κ3) is 4.39. The second kappa shape index (κ2) is 7.36. The summed E-state index contributed by atoms with van der Waals surface area (Å²) in [5.41, 5.74) is 1.17. The van der Waals surface area contributed by atoms with E-state index >= 15 is 0 Å². The summed E-state index contributed by atoms with van der Waals surface area (Å²) in [6.45, 7) is 2.46. The number of carbonyl (C=O) groups is 2. The normalized spacial score (nSPS) is 17.8. The average Bonchev–Trinajstić information content (AvgIpc) is 2.95. The molecule has 0 saturated carbocycles. The summed E-state index contributed by atoms with van der Waals surface area (Å²) in [6, 6.07) is 7.06. The number of thioether (sulfide) groups is 1. The van der Waals surface area contributed by atoms with Crippen LogP contribution in [0.1, 0.15) is 18.4 Å². The Kier molecular flexibility index (Phi) is 5.50. The quantitative estimate of drug-likeness (QED) is 0.816. The molecule has 1 aromatic rings. The molecule has 1 aliphatic rings. The van der Waals surface area contributed by atoms with E-state index in [9.17, 15) is 9.59 Å². The largest absolute Gasteiger partial charge is 0.494 e. The number of aryl methyl sites for hydroxylation is 1. The van der Waals surface area contributed by atoms with Gasteiger partial charge in [-0.1, -0.05) is 17.7 Å². The van der Waals surface area contributed by atoms with Gasteiger partial charge in [0, 0.05) is 12.2 Å². The van der Waals surface area contributed by atoms with Gasteiger partial charge in [-0.3, -0.25) is 4.79 Å². The number of aliphatic carboxylic acids is 1. The van der Waals surface area contributed by atoms with Gasteiger partial charge in [-0.25, -0.2) is 4.79 Å². The molecule has 1 saturated heterocycles. The van der Waals surface area contributed by atoms with Crippen molar-refractivity contribution in [1.82, 2.24) is 4.90 Å². The minimum atomic E-state index is -0.927. The Balaban J connectivity index is 1.72. The molecule has 0 spiro atoms. The molecule has 21 heavy (non-hydrogen) atoms.